The Hall–Kier alpha value is -3.26. The van der Waals surface area contributed by atoms with Crippen LogP contribution in [-0.2, 0) is 4.74 Å². The van der Waals surface area contributed by atoms with Crippen molar-refractivity contribution in [3.05, 3.63) is 65.3 Å². The number of aromatic nitrogens is 2. The number of ether oxygens (including phenoxy) is 1. The van der Waals surface area contributed by atoms with Gasteiger partial charge in [0.2, 0.25) is 5.95 Å². The Morgan fingerprint density at radius 2 is 1.91 bits per heavy atom. The Labute approximate surface area is 205 Å². The minimum absolute atomic E-state index is 0.141. The molecular formula is C27H32FN5O2. The summed E-state index contributed by atoms with van der Waals surface area (Å²) in [5.41, 5.74) is 2.23. The van der Waals surface area contributed by atoms with Crippen molar-refractivity contribution in [3.8, 4) is 11.3 Å². The summed E-state index contributed by atoms with van der Waals surface area (Å²) in [4.78, 5) is 29.5. The Balaban J connectivity index is 1.48. The number of hydrogen-bond acceptors (Lipinski definition) is 6. The topological polar surface area (TPSA) is 61.8 Å². The van der Waals surface area contributed by atoms with Crippen molar-refractivity contribution in [2.45, 2.75) is 31.7 Å². The van der Waals surface area contributed by atoms with Gasteiger partial charge >= 0.3 is 0 Å². The summed E-state index contributed by atoms with van der Waals surface area (Å²) in [5.74, 6) is 0.957. The van der Waals surface area contributed by atoms with Crippen molar-refractivity contribution in [2.75, 3.05) is 51.8 Å². The molecule has 1 aromatic carbocycles. The van der Waals surface area contributed by atoms with Crippen LogP contribution in [0.3, 0.4) is 0 Å². The number of nitrogens with zero attached hydrogens (tertiary/aromatic N) is 5. The molecule has 1 saturated carbocycles. The molecule has 1 saturated heterocycles. The van der Waals surface area contributed by atoms with E-state index in [-0.39, 0.29) is 11.9 Å². The highest BCUT2D eigenvalue weighted by atomic mass is 19.1. The lowest BCUT2D eigenvalue weighted by molar-refractivity contribution is 0.0757. The van der Waals surface area contributed by atoms with Crippen LogP contribution in [0.5, 0.6) is 0 Å². The molecule has 0 spiro atoms. The van der Waals surface area contributed by atoms with Gasteiger partial charge in [0, 0.05) is 56.9 Å². The van der Waals surface area contributed by atoms with Crippen LogP contribution in [0.4, 0.5) is 10.3 Å². The molecule has 1 aliphatic heterocycles. The van der Waals surface area contributed by atoms with Gasteiger partial charge < -0.3 is 19.4 Å². The number of anilines is 1. The second-order valence-electron chi connectivity index (χ2n) is 9.53. The monoisotopic (exact) mass is 477 g/mol. The normalized spacial score (nSPS) is 18.7. The van der Waals surface area contributed by atoms with E-state index in [9.17, 15) is 9.18 Å². The molecule has 0 atom stereocenters. The Morgan fingerprint density at radius 1 is 1.14 bits per heavy atom. The summed E-state index contributed by atoms with van der Waals surface area (Å²) >= 11 is 0. The fraction of sp³-hybridized carbons (Fsp3) is 0.444. The summed E-state index contributed by atoms with van der Waals surface area (Å²) in [5, 5.41) is 0. The fourth-order valence-electron chi connectivity index (χ4n) is 4.64. The maximum atomic E-state index is 14.9. The third-order valence-electron chi connectivity index (χ3n) is 7.00. The SMILES string of the molecule is COC1=CC=C(CN(C(=O)c2cnc(N3CCN(C)CC3)nc2-c2ccccc2F)C2CC2)CC1. The highest BCUT2D eigenvalue weighted by Crippen LogP contribution is 2.33. The van der Waals surface area contributed by atoms with Gasteiger partial charge in [-0.3, -0.25) is 4.79 Å². The van der Waals surface area contributed by atoms with Crippen LogP contribution in [0, 0.1) is 5.82 Å². The average molecular weight is 478 g/mol. The Kier molecular flexibility index (Phi) is 6.81. The third-order valence-corrected chi connectivity index (χ3v) is 7.00. The smallest absolute Gasteiger partial charge is 0.258 e. The molecule has 3 aliphatic rings. The summed E-state index contributed by atoms with van der Waals surface area (Å²) in [7, 11) is 3.77. The quantitative estimate of drug-likeness (QED) is 0.603. The first-order valence-electron chi connectivity index (χ1n) is 12.3. The van der Waals surface area contributed by atoms with Gasteiger partial charge in [0.05, 0.1) is 24.1 Å². The zero-order valence-electron chi connectivity index (χ0n) is 20.4. The van der Waals surface area contributed by atoms with Gasteiger partial charge in [0.25, 0.3) is 5.91 Å². The zero-order chi connectivity index (χ0) is 24.4. The number of hydrogen-bond donors (Lipinski definition) is 0. The zero-order valence-corrected chi connectivity index (χ0v) is 20.4. The van der Waals surface area contributed by atoms with Crippen molar-refractivity contribution >= 4 is 11.9 Å². The minimum Gasteiger partial charge on any atom is -0.501 e. The second-order valence-corrected chi connectivity index (χ2v) is 9.53. The molecule has 2 heterocycles. The van der Waals surface area contributed by atoms with Gasteiger partial charge in [-0.2, -0.15) is 0 Å². The van der Waals surface area contributed by atoms with E-state index in [1.807, 2.05) is 11.0 Å². The second kappa shape index (κ2) is 10.2. The van der Waals surface area contributed by atoms with Gasteiger partial charge in [0.15, 0.2) is 0 Å². The number of halogens is 1. The molecule has 184 valence electrons. The molecule has 8 heteroatoms. The van der Waals surface area contributed by atoms with Crippen LogP contribution in [0.2, 0.25) is 0 Å². The number of methoxy groups -OCH3 is 1. The number of benzene rings is 1. The van der Waals surface area contributed by atoms with Crippen molar-refractivity contribution in [3.63, 3.8) is 0 Å². The summed E-state index contributed by atoms with van der Waals surface area (Å²) < 4.78 is 20.3. The minimum atomic E-state index is -0.394. The lowest BCUT2D eigenvalue weighted by Crippen LogP contribution is -2.45. The molecule has 0 N–H and O–H groups in total. The van der Waals surface area contributed by atoms with Crippen LogP contribution >= 0.6 is 0 Å². The van der Waals surface area contributed by atoms with Crippen LogP contribution in [0.15, 0.2) is 53.9 Å². The number of carbonyl (C=O) groups excluding carboxylic acids is 1. The van der Waals surface area contributed by atoms with Crippen LogP contribution < -0.4 is 4.90 Å². The van der Waals surface area contributed by atoms with Crippen LogP contribution in [0.1, 0.15) is 36.0 Å². The van der Waals surface area contributed by atoms with Gasteiger partial charge in [-0.1, -0.05) is 23.8 Å². The highest BCUT2D eigenvalue weighted by molar-refractivity contribution is 6.00. The van der Waals surface area contributed by atoms with E-state index in [1.54, 1.807) is 31.5 Å². The summed E-state index contributed by atoms with van der Waals surface area (Å²) in [6, 6.07) is 6.71. The maximum Gasteiger partial charge on any atom is 0.258 e. The molecule has 0 unspecified atom stereocenters. The standard InChI is InChI=1S/C27H32FN5O2/c1-31-13-15-32(16-14-31)27-29-17-23(25(30-27)22-5-3-4-6-24(22)28)26(34)33(20-9-10-20)18-19-7-11-21(35-2)12-8-19/h3-7,11,17,20H,8-10,12-16,18H2,1-2H3. The van der Waals surface area contributed by atoms with Crippen molar-refractivity contribution in [2.24, 2.45) is 0 Å². The number of likely N-dealkylation sites (N-methyl/N-ethyl adjacent to an activating group) is 1. The summed E-state index contributed by atoms with van der Waals surface area (Å²) in [6.07, 6.45) is 9.27. The first-order valence-corrected chi connectivity index (χ1v) is 12.3. The average Bonchev–Trinajstić information content (AvgIpc) is 3.73. The van der Waals surface area contributed by atoms with E-state index in [1.165, 1.54) is 11.6 Å². The number of carbonyl (C=O) groups is 1. The van der Waals surface area contributed by atoms with Gasteiger partial charge in [0.1, 0.15) is 5.82 Å². The molecule has 1 aromatic heterocycles. The van der Waals surface area contributed by atoms with E-state index >= 15 is 0 Å². The molecule has 2 aromatic rings. The first kappa shape index (κ1) is 23.5. The van der Waals surface area contributed by atoms with E-state index < -0.39 is 5.82 Å². The molecule has 1 amide bonds. The molecule has 35 heavy (non-hydrogen) atoms. The molecule has 5 rings (SSSR count). The number of amides is 1. The van der Waals surface area contributed by atoms with E-state index in [2.05, 4.69) is 27.9 Å². The van der Waals surface area contributed by atoms with E-state index in [4.69, 9.17) is 9.72 Å². The van der Waals surface area contributed by atoms with Gasteiger partial charge in [-0.15, -0.1) is 0 Å². The molecule has 2 aliphatic carbocycles. The van der Waals surface area contributed by atoms with E-state index in [0.29, 0.717) is 29.3 Å². The third kappa shape index (κ3) is 5.22. The maximum absolute atomic E-state index is 14.9. The molecule has 7 nitrogen and oxygen atoms in total. The lowest BCUT2D eigenvalue weighted by Gasteiger charge is -2.32. The molecular weight excluding hydrogens is 445 g/mol. The molecule has 0 radical (unpaired) electrons. The largest absolute Gasteiger partial charge is 0.501 e. The first-order chi connectivity index (χ1) is 17.0. The number of rotatable bonds is 7. The number of allylic oxidation sites excluding steroid dienone is 3. The summed E-state index contributed by atoms with van der Waals surface area (Å²) in [6.45, 7) is 3.94. The fourth-order valence-corrected chi connectivity index (χ4v) is 4.64. The molecule has 2 fully saturated rings. The Bertz CT molecular complexity index is 1150. The predicted octanol–water partition coefficient (Wildman–Crippen LogP) is 3.89. The van der Waals surface area contributed by atoms with Gasteiger partial charge in [-0.05, 0) is 44.5 Å². The van der Waals surface area contributed by atoms with E-state index in [0.717, 1.165) is 57.6 Å². The van der Waals surface area contributed by atoms with Crippen molar-refractivity contribution < 1.29 is 13.9 Å². The van der Waals surface area contributed by atoms with Crippen molar-refractivity contribution in [1.29, 1.82) is 0 Å². The van der Waals surface area contributed by atoms with Crippen molar-refractivity contribution in [1.82, 2.24) is 19.8 Å². The van der Waals surface area contributed by atoms with Crippen LogP contribution in [-0.4, -0.2) is 78.6 Å². The Morgan fingerprint density at radius 3 is 2.57 bits per heavy atom. The molecule has 0 bridgehead atoms. The lowest BCUT2D eigenvalue weighted by atomic mass is 10.0. The highest BCUT2D eigenvalue weighted by Gasteiger charge is 2.35. The van der Waals surface area contributed by atoms with Gasteiger partial charge in [-0.25, -0.2) is 14.4 Å². The number of piperazine rings is 1. The van der Waals surface area contributed by atoms with Crippen LogP contribution in [0.25, 0.3) is 11.3 Å². The predicted molar refractivity (Wildman–Crippen MR) is 134 cm³/mol.